The van der Waals surface area contributed by atoms with Crippen molar-refractivity contribution in [3.63, 3.8) is 0 Å². The number of nitrogens with two attached hydrogens (primary N) is 1. The molecule has 0 unspecified atom stereocenters. The van der Waals surface area contributed by atoms with E-state index < -0.39 is 0 Å². The molecule has 0 aliphatic carbocycles. The van der Waals surface area contributed by atoms with Gasteiger partial charge in [0.15, 0.2) is 0 Å². The highest BCUT2D eigenvalue weighted by Crippen LogP contribution is 2.19. The lowest BCUT2D eigenvalue weighted by molar-refractivity contribution is 0.0827. The molecule has 0 aliphatic heterocycles. The number of carbonyl (C=O) groups is 1. The van der Waals surface area contributed by atoms with Gasteiger partial charge in [0.1, 0.15) is 5.69 Å². The average Bonchev–Trinajstić information content (AvgIpc) is 2.73. The molecule has 0 spiro atoms. The predicted octanol–water partition coefficient (Wildman–Crippen LogP) is 2.58. The van der Waals surface area contributed by atoms with Crippen LogP contribution in [0.4, 0.5) is 0 Å². The number of ether oxygens (including phenoxy) is 1. The minimum atomic E-state index is -0.292. The van der Waals surface area contributed by atoms with Crippen LogP contribution in [0.5, 0.6) is 0 Å². The van der Waals surface area contributed by atoms with Crippen molar-refractivity contribution >= 4 is 24.0 Å². The first-order valence-corrected chi connectivity index (χ1v) is 9.27. The second kappa shape index (κ2) is 10.6. The third-order valence-corrected chi connectivity index (χ3v) is 3.99. The lowest BCUT2D eigenvalue weighted by atomic mass is 10.1. The Morgan fingerprint density at radius 3 is 2.58 bits per heavy atom. The topological polar surface area (TPSA) is 130 Å². The van der Waals surface area contributed by atoms with Gasteiger partial charge in [0.05, 0.1) is 23.3 Å². The predicted molar refractivity (Wildman–Crippen MR) is 122 cm³/mol. The highest BCUT2D eigenvalue weighted by Gasteiger charge is 2.14. The highest BCUT2D eigenvalue weighted by atomic mass is 16.5. The smallest absolute Gasteiger partial charge is 0.294 e. The van der Waals surface area contributed by atoms with Crippen LogP contribution in [-0.2, 0) is 4.74 Å². The second-order valence-electron chi connectivity index (χ2n) is 6.61. The molecule has 31 heavy (non-hydrogen) atoms. The van der Waals surface area contributed by atoms with Crippen molar-refractivity contribution in [2.45, 2.75) is 6.92 Å². The molecule has 2 aromatic rings. The monoisotopic (exact) mass is 419 g/mol. The standard InChI is InChI=1S/C22H25N7O2/c1-14(7-6-12-25-3)27-22(24)31-20(23)19-15(2)26-13-18(28-19)16-8-10-17(11-9-16)21(30)29(4)5/h6-13,23H,1H2,2-5H3,(H2,24,27)/b7-6-,23-20?,25-12?. The SMILES string of the molecule is C=C(/C=C\C=NC)N=C(N)OC(=N)c1nc(-c2ccc(C(=O)N(C)C)cc2)cnc1C. The van der Waals surface area contributed by atoms with Gasteiger partial charge in [0, 0.05) is 38.5 Å². The van der Waals surface area contributed by atoms with E-state index in [1.165, 1.54) is 4.90 Å². The molecule has 2 rings (SSSR count). The summed E-state index contributed by atoms with van der Waals surface area (Å²) < 4.78 is 5.29. The van der Waals surface area contributed by atoms with Gasteiger partial charge in [-0.2, -0.15) is 4.99 Å². The Labute approximate surface area is 181 Å². The van der Waals surface area contributed by atoms with Gasteiger partial charge >= 0.3 is 0 Å². The molecular weight excluding hydrogens is 394 g/mol. The Balaban J connectivity index is 2.21. The molecule has 1 aromatic carbocycles. The zero-order chi connectivity index (χ0) is 23.0. The van der Waals surface area contributed by atoms with E-state index in [1.54, 1.807) is 76.9 Å². The molecule has 9 heteroatoms. The van der Waals surface area contributed by atoms with Crippen LogP contribution in [0.3, 0.4) is 0 Å². The normalized spacial score (nSPS) is 11.7. The van der Waals surface area contributed by atoms with Gasteiger partial charge in [-0.25, -0.2) is 4.98 Å². The van der Waals surface area contributed by atoms with Gasteiger partial charge in [0.25, 0.3) is 11.9 Å². The van der Waals surface area contributed by atoms with Crippen LogP contribution in [0.1, 0.15) is 21.7 Å². The number of amidine groups is 1. The summed E-state index contributed by atoms with van der Waals surface area (Å²) in [5.74, 6) is -0.384. The number of hydrogen-bond acceptors (Lipinski definition) is 7. The number of aliphatic imine (C=N–C) groups is 2. The number of rotatable bonds is 6. The Morgan fingerprint density at radius 2 is 1.97 bits per heavy atom. The minimum absolute atomic E-state index is 0.0921. The summed E-state index contributed by atoms with van der Waals surface area (Å²) in [5, 5.41) is 8.21. The number of benzene rings is 1. The van der Waals surface area contributed by atoms with E-state index >= 15 is 0 Å². The van der Waals surface area contributed by atoms with Crippen LogP contribution < -0.4 is 5.73 Å². The molecule has 1 heterocycles. The molecule has 0 fully saturated rings. The van der Waals surface area contributed by atoms with Crippen molar-refractivity contribution in [1.82, 2.24) is 14.9 Å². The van der Waals surface area contributed by atoms with E-state index in [9.17, 15) is 4.79 Å². The van der Waals surface area contributed by atoms with Gasteiger partial charge in [-0.1, -0.05) is 18.7 Å². The first kappa shape index (κ1) is 23.1. The van der Waals surface area contributed by atoms with E-state index in [4.69, 9.17) is 15.9 Å². The number of nitrogens with zero attached hydrogens (tertiary/aromatic N) is 5. The maximum Gasteiger partial charge on any atom is 0.294 e. The van der Waals surface area contributed by atoms with Crippen molar-refractivity contribution in [1.29, 1.82) is 5.41 Å². The maximum atomic E-state index is 12.0. The summed E-state index contributed by atoms with van der Waals surface area (Å²) >= 11 is 0. The third kappa shape index (κ3) is 6.43. The fourth-order valence-corrected chi connectivity index (χ4v) is 2.44. The number of nitrogens with one attached hydrogen (secondary N) is 1. The molecular formula is C22H25N7O2. The number of amides is 1. The number of hydrogen-bond donors (Lipinski definition) is 2. The van der Waals surface area contributed by atoms with Crippen LogP contribution in [0.25, 0.3) is 11.3 Å². The average molecular weight is 419 g/mol. The summed E-state index contributed by atoms with van der Waals surface area (Å²) in [5.41, 5.74) is 8.66. The Kier molecular flexibility index (Phi) is 7.90. The Hall–Kier alpha value is -4.14. The molecule has 1 amide bonds. The van der Waals surface area contributed by atoms with E-state index in [2.05, 4.69) is 26.5 Å². The van der Waals surface area contributed by atoms with Gasteiger partial charge in [0.2, 0.25) is 5.90 Å². The van der Waals surface area contributed by atoms with E-state index in [1.807, 2.05) is 0 Å². The highest BCUT2D eigenvalue weighted by molar-refractivity contribution is 5.99. The molecule has 0 saturated carbocycles. The van der Waals surface area contributed by atoms with E-state index in [0.717, 1.165) is 5.56 Å². The summed E-state index contributed by atoms with van der Waals surface area (Å²) in [6, 6.07) is 6.74. The summed E-state index contributed by atoms with van der Waals surface area (Å²) in [4.78, 5) is 30.1. The number of aryl methyl sites for hydroxylation is 1. The fourth-order valence-electron chi connectivity index (χ4n) is 2.44. The zero-order valence-corrected chi connectivity index (χ0v) is 18.0. The third-order valence-electron chi connectivity index (χ3n) is 3.99. The maximum absolute atomic E-state index is 12.0. The molecule has 0 aliphatic rings. The van der Waals surface area contributed by atoms with E-state index in [-0.39, 0.29) is 23.5 Å². The van der Waals surface area contributed by atoms with Gasteiger partial charge < -0.3 is 15.4 Å². The largest absolute Gasteiger partial charge is 0.405 e. The molecule has 0 radical (unpaired) electrons. The summed E-state index contributed by atoms with van der Waals surface area (Å²) in [6.07, 6.45) is 6.42. The molecule has 0 bridgehead atoms. The van der Waals surface area contributed by atoms with Crippen molar-refractivity contribution in [3.05, 3.63) is 71.8 Å². The minimum Gasteiger partial charge on any atom is -0.405 e. The second-order valence-corrected chi connectivity index (χ2v) is 6.61. The zero-order valence-electron chi connectivity index (χ0n) is 18.0. The molecule has 1 aromatic heterocycles. The number of allylic oxidation sites excluding steroid dienone is 2. The molecule has 9 nitrogen and oxygen atoms in total. The van der Waals surface area contributed by atoms with Gasteiger partial charge in [-0.05, 0) is 31.2 Å². The fraction of sp³-hybridized carbons (Fsp3) is 0.182. The van der Waals surface area contributed by atoms with Crippen molar-refractivity contribution < 1.29 is 9.53 Å². The van der Waals surface area contributed by atoms with Gasteiger partial charge in [-0.3, -0.25) is 20.2 Å². The van der Waals surface area contributed by atoms with Gasteiger partial charge in [-0.15, -0.1) is 0 Å². The van der Waals surface area contributed by atoms with E-state index in [0.29, 0.717) is 22.6 Å². The number of aromatic nitrogens is 2. The molecule has 3 N–H and O–H groups in total. The first-order chi connectivity index (χ1) is 14.7. The number of carbonyl (C=O) groups excluding carboxylic acids is 1. The molecule has 160 valence electrons. The lowest BCUT2D eigenvalue weighted by Crippen LogP contribution is -2.22. The van der Waals surface area contributed by atoms with Crippen molar-refractivity contribution in [2.24, 2.45) is 15.7 Å². The Bertz CT molecular complexity index is 1070. The van der Waals surface area contributed by atoms with Crippen molar-refractivity contribution in [3.8, 4) is 11.3 Å². The first-order valence-electron chi connectivity index (χ1n) is 9.27. The quantitative estimate of drug-likeness (QED) is 0.422. The summed E-state index contributed by atoms with van der Waals surface area (Å²) in [6.45, 7) is 5.44. The lowest BCUT2D eigenvalue weighted by Gasteiger charge is -2.11. The Morgan fingerprint density at radius 1 is 1.29 bits per heavy atom. The van der Waals surface area contributed by atoms with Crippen LogP contribution >= 0.6 is 0 Å². The van der Waals surface area contributed by atoms with Crippen molar-refractivity contribution in [2.75, 3.05) is 21.1 Å². The molecule has 0 atom stereocenters. The molecule has 0 saturated heterocycles. The summed E-state index contributed by atoms with van der Waals surface area (Å²) in [7, 11) is 5.03. The van der Waals surface area contributed by atoms with Crippen LogP contribution in [0.2, 0.25) is 0 Å². The van der Waals surface area contributed by atoms with Crippen LogP contribution in [0, 0.1) is 12.3 Å². The van der Waals surface area contributed by atoms with Crippen LogP contribution in [-0.4, -0.2) is 60.1 Å². The van der Waals surface area contributed by atoms with Crippen LogP contribution in [0.15, 0.2) is 64.9 Å².